The molecule has 0 aliphatic carbocycles. The number of amides is 2. The highest BCUT2D eigenvalue weighted by Crippen LogP contribution is 2.34. The summed E-state index contributed by atoms with van der Waals surface area (Å²) in [6.07, 6.45) is 1.32. The number of carbonyl (C=O) groups excluding carboxylic acids is 1. The summed E-state index contributed by atoms with van der Waals surface area (Å²) in [5, 5.41) is 9.01. The molecule has 2 aliphatic heterocycles. The van der Waals surface area contributed by atoms with Crippen LogP contribution in [0.4, 0.5) is 4.79 Å². The summed E-state index contributed by atoms with van der Waals surface area (Å²) in [7, 11) is 0. The van der Waals surface area contributed by atoms with Crippen LogP contribution < -0.4 is 0 Å². The largest absolute Gasteiger partial charge is 0.465 e. The van der Waals surface area contributed by atoms with Gasteiger partial charge in [0.1, 0.15) is 6.61 Å². The van der Waals surface area contributed by atoms with E-state index in [9.17, 15) is 9.59 Å². The molecule has 2 fully saturated rings. The lowest BCUT2D eigenvalue weighted by Gasteiger charge is -2.50. The zero-order valence-electron chi connectivity index (χ0n) is 12.5. The first-order valence-corrected chi connectivity index (χ1v) is 7.22. The van der Waals surface area contributed by atoms with Gasteiger partial charge >= 0.3 is 6.09 Å². The van der Waals surface area contributed by atoms with Gasteiger partial charge in [0, 0.05) is 18.6 Å². The Bertz CT molecular complexity index is 400. The topological polar surface area (TPSA) is 70.1 Å². The van der Waals surface area contributed by atoms with Crippen LogP contribution in [0, 0.1) is 0 Å². The van der Waals surface area contributed by atoms with Crippen LogP contribution in [0.3, 0.4) is 0 Å². The van der Waals surface area contributed by atoms with Crippen LogP contribution in [0.15, 0.2) is 0 Å². The van der Waals surface area contributed by atoms with E-state index >= 15 is 0 Å². The molecule has 1 N–H and O–H groups in total. The molecular formula is C14H24N2O4. The second-order valence-electron chi connectivity index (χ2n) is 6.39. The second kappa shape index (κ2) is 5.24. The molecular weight excluding hydrogens is 260 g/mol. The van der Waals surface area contributed by atoms with Crippen LogP contribution in [0.1, 0.15) is 40.0 Å². The highest BCUT2D eigenvalue weighted by molar-refractivity contribution is 5.79. The Morgan fingerprint density at radius 3 is 2.50 bits per heavy atom. The zero-order chi connectivity index (χ0) is 15.0. The van der Waals surface area contributed by atoms with Gasteiger partial charge in [-0.3, -0.25) is 4.79 Å². The van der Waals surface area contributed by atoms with Crippen molar-refractivity contribution < 1.29 is 19.4 Å². The smallest absolute Gasteiger partial charge is 0.407 e. The lowest BCUT2D eigenvalue weighted by atomic mass is 9.86. The number of carbonyl (C=O) groups is 2. The third-order valence-electron chi connectivity index (χ3n) is 4.79. The molecule has 0 unspecified atom stereocenters. The quantitative estimate of drug-likeness (QED) is 0.835. The van der Waals surface area contributed by atoms with Gasteiger partial charge in [-0.15, -0.1) is 0 Å². The van der Waals surface area contributed by atoms with Crippen LogP contribution in [0.5, 0.6) is 0 Å². The molecule has 2 amide bonds. The molecule has 0 aromatic rings. The van der Waals surface area contributed by atoms with Gasteiger partial charge in [-0.05, 0) is 33.1 Å². The Morgan fingerprint density at radius 2 is 2.00 bits per heavy atom. The van der Waals surface area contributed by atoms with E-state index in [0.29, 0.717) is 32.5 Å². The minimum Gasteiger partial charge on any atom is -0.465 e. The number of ether oxygens (including phenoxy) is 1. The van der Waals surface area contributed by atoms with Gasteiger partial charge in [-0.1, -0.05) is 6.92 Å². The summed E-state index contributed by atoms with van der Waals surface area (Å²) in [4.78, 5) is 26.4. The van der Waals surface area contributed by atoms with Crippen molar-refractivity contribution >= 4 is 12.0 Å². The summed E-state index contributed by atoms with van der Waals surface area (Å²) in [5.41, 5.74) is -0.551. The van der Waals surface area contributed by atoms with Crippen LogP contribution in [-0.4, -0.2) is 64.3 Å². The highest BCUT2D eigenvalue weighted by atomic mass is 16.5. The summed E-state index contributed by atoms with van der Waals surface area (Å²) < 4.78 is 5.81. The second-order valence-corrected chi connectivity index (χ2v) is 6.39. The van der Waals surface area contributed by atoms with Gasteiger partial charge in [0.25, 0.3) is 0 Å². The molecule has 0 saturated carbocycles. The summed E-state index contributed by atoms with van der Waals surface area (Å²) in [6, 6.07) is 0. The monoisotopic (exact) mass is 284 g/mol. The van der Waals surface area contributed by atoms with Gasteiger partial charge < -0.3 is 19.6 Å². The zero-order valence-corrected chi connectivity index (χ0v) is 12.5. The van der Waals surface area contributed by atoms with Crippen LogP contribution in [-0.2, 0) is 9.53 Å². The van der Waals surface area contributed by atoms with Crippen molar-refractivity contribution in [2.45, 2.75) is 51.2 Å². The van der Waals surface area contributed by atoms with Crippen LogP contribution in [0.25, 0.3) is 0 Å². The van der Waals surface area contributed by atoms with Crippen LogP contribution >= 0.6 is 0 Å². The molecule has 1 spiro atoms. The van der Waals surface area contributed by atoms with E-state index < -0.39 is 6.09 Å². The first-order chi connectivity index (χ1) is 9.30. The number of hydrogen-bond acceptors (Lipinski definition) is 3. The molecule has 114 valence electrons. The van der Waals surface area contributed by atoms with E-state index in [-0.39, 0.29) is 23.7 Å². The average molecular weight is 284 g/mol. The SMILES string of the molecule is CCC(C)(C)N1CC2(CCN(C(=O)O)CC2)OCC1=O. The van der Waals surface area contributed by atoms with Gasteiger partial charge in [0.05, 0.1) is 12.1 Å². The Labute approximate surface area is 119 Å². The summed E-state index contributed by atoms with van der Waals surface area (Å²) in [5.74, 6) is 0.0307. The number of likely N-dealkylation sites (tertiary alicyclic amines) is 1. The number of carboxylic acid groups (broad SMARTS) is 1. The highest BCUT2D eigenvalue weighted by Gasteiger charge is 2.46. The van der Waals surface area contributed by atoms with Gasteiger partial charge in [0.15, 0.2) is 0 Å². The van der Waals surface area contributed by atoms with Crippen molar-refractivity contribution in [2.75, 3.05) is 26.2 Å². The number of morpholine rings is 1. The minimum absolute atomic E-state index is 0.0307. The third-order valence-corrected chi connectivity index (χ3v) is 4.79. The van der Waals surface area contributed by atoms with Crippen molar-refractivity contribution in [3.8, 4) is 0 Å². The normalized spacial score (nSPS) is 23.2. The molecule has 2 heterocycles. The molecule has 6 heteroatoms. The molecule has 0 aromatic carbocycles. The van der Waals surface area contributed by atoms with Crippen molar-refractivity contribution in [3.63, 3.8) is 0 Å². The van der Waals surface area contributed by atoms with E-state index in [0.717, 1.165) is 6.42 Å². The fraction of sp³-hybridized carbons (Fsp3) is 0.857. The maximum Gasteiger partial charge on any atom is 0.407 e. The van der Waals surface area contributed by atoms with E-state index in [1.165, 1.54) is 4.90 Å². The van der Waals surface area contributed by atoms with Crippen molar-refractivity contribution in [1.82, 2.24) is 9.80 Å². The van der Waals surface area contributed by atoms with Crippen molar-refractivity contribution in [1.29, 1.82) is 0 Å². The third kappa shape index (κ3) is 2.75. The summed E-state index contributed by atoms with van der Waals surface area (Å²) >= 11 is 0. The molecule has 0 atom stereocenters. The van der Waals surface area contributed by atoms with E-state index in [1.54, 1.807) is 0 Å². The van der Waals surface area contributed by atoms with E-state index in [4.69, 9.17) is 9.84 Å². The standard InChI is InChI=1S/C14H24N2O4/c1-4-13(2,3)16-10-14(20-9-11(16)17)5-7-15(8-6-14)12(18)19/h4-10H2,1-3H3,(H,18,19). The fourth-order valence-electron chi connectivity index (χ4n) is 2.87. The number of hydrogen-bond donors (Lipinski definition) is 1. The molecule has 2 saturated heterocycles. The number of piperidine rings is 1. The lowest BCUT2D eigenvalue weighted by Crippen LogP contribution is -2.63. The molecule has 0 radical (unpaired) electrons. The van der Waals surface area contributed by atoms with Crippen LogP contribution in [0.2, 0.25) is 0 Å². The van der Waals surface area contributed by atoms with Gasteiger partial charge in [0.2, 0.25) is 5.91 Å². The maximum atomic E-state index is 12.1. The first kappa shape index (κ1) is 15.1. The molecule has 20 heavy (non-hydrogen) atoms. The predicted molar refractivity (Wildman–Crippen MR) is 73.6 cm³/mol. The molecule has 0 aromatic heterocycles. The average Bonchev–Trinajstić information content (AvgIpc) is 2.42. The van der Waals surface area contributed by atoms with Crippen molar-refractivity contribution in [3.05, 3.63) is 0 Å². The first-order valence-electron chi connectivity index (χ1n) is 7.22. The molecule has 2 rings (SSSR count). The maximum absolute atomic E-state index is 12.1. The van der Waals surface area contributed by atoms with Crippen molar-refractivity contribution in [2.24, 2.45) is 0 Å². The molecule has 0 bridgehead atoms. The lowest BCUT2D eigenvalue weighted by molar-refractivity contribution is -0.180. The Balaban J connectivity index is 2.08. The minimum atomic E-state index is -0.877. The Hall–Kier alpha value is -1.30. The van der Waals surface area contributed by atoms with Gasteiger partial charge in [-0.25, -0.2) is 4.79 Å². The van der Waals surface area contributed by atoms with E-state index in [2.05, 4.69) is 20.8 Å². The van der Waals surface area contributed by atoms with E-state index in [1.807, 2.05) is 4.90 Å². The van der Waals surface area contributed by atoms with Gasteiger partial charge in [-0.2, -0.15) is 0 Å². The number of rotatable bonds is 2. The fourth-order valence-corrected chi connectivity index (χ4v) is 2.87. The Morgan fingerprint density at radius 1 is 1.40 bits per heavy atom. The molecule has 6 nitrogen and oxygen atoms in total. The Kier molecular flexibility index (Phi) is 3.95. The molecule has 2 aliphatic rings. The number of nitrogens with zero attached hydrogens (tertiary/aromatic N) is 2. The predicted octanol–water partition coefficient (Wildman–Crippen LogP) is 1.55. The summed E-state index contributed by atoms with van der Waals surface area (Å²) in [6.45, 7) is 7.83.